The lowest BCUT2D eigenvalue weighted by atomic mass is 10.2. The molecule has 0 aliphatic carbocycles. The SMILES string of the molecule is Cn1c(C(=O)Nc2ccc(N)cc2)cc2cc(C(=O)S(C)(C)C)ccc21. The van der Waals surface area contributed by atoms with Gasteiger partial charge in [0.05, 0.1) is 0 Å². The number of nitrogens with zero attached hydrogens (tertiary/aromatic N) is 1. The number of carbonyl (C=O) groups excluding carboxylic acids is 2. The van der Waals surface area contributed by atoms with E-state index in [-0.39, 0.29) is 11.0 Å². The maximum atomic E-state index is 12.6. The third-order valence-electron chi connectivity index (χ3n) is 4.24. The quantitative estimate of drug-likeness (QED) is 0.689. The highest BCUT2D eigenvalue weighted by molar-refractivity contribution is 8.44. The number of rotatable bonds is 3. The molecule has 1 aromatic heterocycles. The molecule has 0 radical (unpaired) electrons. The molecule has 3 aromatic rings. The fourth-order valence-corrected chi connectivity index (χ4v) is 3.64. The van der Waals surface area contributed by atoms with Crippen molar-refractivity contribution in [2.45, 2.75) is 0 Å². The van der Waals surface area contributed by atoms with Crippen molar-refractivity contribution in [3.8, 4) is 0 Å². The van der Waals surface area contributed by atoms with E-state index in [1.165, 1.54) is 0 Å². The Balaban J connectivity index is 1.94. The Bertz CT molecular complexity index is 998. The van der Waals surface area contributed by atoms with Crippen LogP contribution in [0.2, 0.25) is 0 Å². The van der Waals surface area contributed by atoms with Gasteiger partial charge in [-0.25, -0.2) is 0 Å². The summed E-state index contributed by atoms with van der Waals surface area (Å²) in [6.45, 7) is 0. The lowest BCUT2D eigenvalue weighted by Crippen LogP contribution is -2.15. The van der Waals surface area contributed by atoms with Gasteiger partial charge in [0, 0.05) is 34.9 Å². The second-order valence-corrected chi connectivity index (χ2v) is 11.1. The van der Waals surface area contributed by atoms with E-state index in [2.05, 4.69) is 5.32 Å². The van der Waals surface area contributed by atoms with Crippen molar-refractivity contribution in [2.75, 3.05) is 29.8 Å². The van der Waals surface area contributed by atoms with E-state index >= 15 is 0 Å². The monoisotopic (exact) mass is 369 g/mol. The van der Waals surface area contributed by atoms with Gasteiger partial charge < -0.3 is 15.6 Å². The summed E-state index contributed by atoms with van der Waals surface area (Å²) in [7, 11) is 0.520. The minimum Gasteiger partial charge on any atom is -0.399 e. The number of nitrogens with one attached hydrogen (secondary N) is 1. The normalized spacial score (nSPS) is 12.2. The summed E-state index contributed by atoms with van der Waals surface area (Å²) in [5.74, 6) is -0.206. The molecule has 0 unspecified atom stereocenters. The molecule has 0 bridgehead atoms. The summed E-state index contributed by atoms with van der Waals surface area (Å²) in [4.78, 5) is 25.2. The van der Waals surface area contributed by atoms with Gasteiger partial charge >= 0.3 is 0 Å². The van der Waals surface area contributed by atoms with E-state index in [0.29, 0.717) is 22.6 Å². The molecular formula is C20H23N3O2S. The summed E-state index contributed by atoms with van der Waals surface area (Å²) in [6, 6.07) is 14.4. The number of fused-ring (bicyclic) bond motifs is 1. The van der Waals surface area contributed by atoms with Crippen molar-refractivity contribution < 1.29 is 9.59 Å². The predicted molar refractivity (Wildman–Crippen MR) is 111 cm³/mol. The maximum absolute atomic E-state index is 12.6. The standard InChI is InChI=1S/C20H23N3O2S/c1-23-17-10-5-13(20(25)26(2,3)4)11-14(17)12-18(23)19(24)22-16-8-6-15(21)7-9-16/h5-12H,21H2,1-4H3,(H,22,24). The Labute approximate surface area is 154 Å². The molecule has 6 heteroatoms. The van der Waals surface area contributed by atoms with Crippen LogP contribution in [0, 0.1) is 0 Å². The number of amides is 1. The minimum absolute atomic E-state index is 0.163. The first kappa shape index (κ1) is 18.1. The van der Waals surface area contributed by atoms with Gasteiger partial charge in [-0.3, -0.25) is 9.59 Å². The van der Waals surface area contributed by atoms with E-state index in [1.807, 2.05) is 54.6 Å². The molecule has 136 valence electrons. The first-order valence-corrected chi connectivity index (χ1v) is 11.0. The summed E-state index contributed by atoms with van der Waals surface area (Å²) in [6.07, 6.45) is 5.95. The van der Waals surface area contributed by atoms with Crippen molar-refractivity contribution in [1.82, 2.24) is 4.57 Å². The fraction of sp³-hybridized carbons (Fsp3) is 0.200. The maximum Gasteiger partial charge on any atom is 0.272 e. The third kappa shape index (κ3) is 3.46. The summed E-state index contributed by atoms with van der Waals surface area (Å²) < 4.78 is 1.83. The van der Waals surface area contributed by atoms with E-state index < -0.39 is 10.0 Å². The van der Waals surface area contributed by atoms with Crippen LogP contribution in [0.3, 0.4) is 0 Å². The summed E-state index contributed by atoms with van der Waals surface area (Å²) in [5, 5.41) is 3.91. The lowest BCUT2D eigenvalue weighted by molar-refractivity contribution is 0.101. The number of nitrogen functional groups attached to an aromatic ring is 1. The van der Waals surface area contributed by atoms with E-state index in [4.69, 9.17) is 5.73 Å². The van der Waals surface area contributed by atoms with Crippen molar-refractivity contribution >= 4 is 43.3 Å². The van der Waals surface area contributed by atoms with E-state index in [1.54, 1.807) is 24.3 Å². The summed E-state index contributed by atoms with van der Waals surface area (Å²) in [5.41, 5.74) is 9.13. The number of aryl methyl sites for hydroxylation is 1. The van der Waals surface area contributed by atoms with Gasteiger partial charge in [-0.2, -0.15) is 10.0 Å². The third-order valence-corrected chi connectivity index (χ3v) is 5.58. The molecule has 0 spiro atoms. The zero-order valence-electron chi connectivity index (χ0n) is 15.4. The van der Waals surface area contributed by atoms with Crippen molar-refractivity contribution in [3.63, 3.8) is 0 Å². The summed E-state index contributed by atoms with van der Waals surface area (Å²) >= 11 is 0. The average molecular weight is 369 g/mol. The number of hydrogen-bond donors (Lipinski definition) is 2. The molecule has 0 saturated heterocycles. The molecule has 0 saturated carbocycles. The topological polar surface area (TPSA) is 77.1 Å². The average Bonchev–Trinajstić information content (AvgIpc) is 2.92. The molecule has 0 fully saturated rings. The highest BCUT2D eigenvalue weighted by atomic mass is 32.3. The zero-order chi connectivity index (χ0) is 19.1. The van der Waals surface area contributed by atoms with Crippen LogP contribution in [0.25, 0.3) is 10.9 Å². The van der Waals surface area contributed by atoms with Gasteiger partial charge in [-0.1, -0.05) is 0 Å². The van der Waals surface area contributed by atoms with Crippen molar-refractivity contribution in [2.24, 2.45) is 7.05 Å². The van der Waals surface area contributed by atoms with Gasteiger partial charge in [0.15, 0.2) is 0 Å². The molecule has 2 aromatic carbocycles. The molecule has 3 N–H and O–H groups in total. The lowest BCUT2D eigenvalue weighted by Gasteiger charge is -2.22. The second kappa shape index (κ2) is 6.53. The number of carbonyl (C=O) groups is 2. The minimum atomic E-state index is -1.32. The fourth-order valence-electron chi connectivity index (χ4n) is 2.81. The number of aromatic nitrogens is 1. The van der Waals surface area contributed by atoms with E-state index in [9.17, 15) is 9.59 Å². The van der Waals surface area contributed by atoms with Crippen LogP contribution in [0.15, 0.2) is 48.5 Å². The van der Waals surface area contributed by atoms with Crippen LogP contribution >= 0.6 is 10.0 Å². The molecule has 1 heterocycles. The first-order valence-electron chi connectivity index (χ1n) is 8.16. The van der Waals surface area contributed by atoms with E-state index in [0.717, 1.165) is 10.9 Å². The van der Waals surface area contributed by atoms with Crippen LogP contribution in [0.5, 0.6) is 0 Å². The molecule has 3 rings (SSSR count). The van der Waals surface area contributed by atoms with Gasteiger partial charge in [0.25, 0.3) is 5.91 Å². The molecule has 5 nitrogen and oxygen atoms in total. The highest BCUT2D eigenvalue weighted by Gasteiger charge is 2.20. The smallest absolute Gasteiger partial charge is 0.272 e. The Hall–Kier alpha value is -2.73. The molecule has 26 heavy (non-hydrogen) atoms. The largest absolute Gasteiger partial charge is 0.399 e. The van der Waals surface area contributed by atoms with Crippen LogP contribution in [-0.4, -0.2) is 34.4 Å². The number of hydrogen-bond acceptors (Lipinski definition) is 3. The highest BCUT2D eigenvalue weighted by Crippen LogP contribution is 2.39. The molecule has 1 amide bonds. The molecule has 0 aliphatic rings. The predicted octanol–water partition coefficient (Wildman–Crippen LogP) is 3.85. The second-order valence-electron chi connectivity index (χ2n) is 7.06. The number of anilines is 2. The van der Waals surface area contributed by atoms with Gasteiger partial charge in [-0.05, 0) is 67.3 Å². The van der Waals surface area contributed by atoms with Gasteiger partial charge in [-0.15, -0.1) is 0 Å². The van der Waals surface area contributed by atoms with Crippen LogP contribution in [0.4, 0.5) is 11.4 Å². The van der Waals surface area contributed by atoms with Crippen LogP contribution in [0.1, 0.15) is 20.8 Å². The van der Waals surface area contributed by atoms with Crippen LogP contribution < -0.4 is 11.1 Å². The Kier molecular flexibility index (Phi) is 4.54. The molecule has 0 atom stereocenters. The Morgan fingerprint density at radius 1 is 1.00 bits per heavy atom. The molecular weight excluding hydrogens is 346 g/mol. The number of nitrogens with two attached hydrogens (primary N) is 1. The Morgan fingerprint density at radius 3 is 2.27 bits per heavy atom. The van der Waals surface area contributed by atoms with Gasteiger partial charge in [0.1, 0.15) is 5.69 Å². The van der Waals surface area contributed by atoms with Crippen molar-refractivity contribution in [1.29, 1.82) is 0 Å². The first-order chi connectivity index (χ1) is 12.2. The zero-order valence-corrected chi connectivity index (χ0v) is 16.2. The number of benzene rings is 2. The molecule has 0 aliphatic heterocycles. The van der Waals surface area contributed by atoms with Crippen LogP contribution in [-0.2, 0) is 7.05 Å². The van der Waals surface area contributed by atoms with Crippen molar-refractivity contribution in [3.05, 3.63) is 59.8 Å². The Morgan fingerprint density at radius 2 is 1.65 bits per heavy atom. The van der Waals surface area contributed by atoms with Gasteiger partial charge in [0.2, 0.25) is 5.12 Å².